The third kappa shape index (κ3) is 1.16. The van der Waals surface area contributed by atoms with Crippen LogP contribution in [0.4, 0.5) is 0 Å². The largest absolute Gasteiger partial charge is 0.251 e. The first kappa shape index (κ1) is 6.90. The van der Waals surface area contributed by atoms with Crippen LogP contribution in [0.2, 0.25) is 0 Å². The Bertz CT molecular complexity index is 366. The quantitative estimate of drug-likeness (QED) is 0.606. The molecule has 5 nitrogen and oxygen atoms in total. The van der Waals surface area contributed by atoms with Gasteiger partial charge >= 0.3 is 0 Å². The van der Waals surface area contributed by atoms with E-state index in [9.17, 15) is 0 Å². The van der Waals surface area contributed by atoms with Gasteiger partial charge in [0.05, 0.1) is 0 Å². The van der Waals surface area contributed by atoms with Crippen molar-refractivity contribution in [3.8, 4) is 5.95 Å². The molecule has 2 rings (SSSR count). The number of hydrogen-bond acceptors (Lipinski definition) is 4. The average Bonchev–Trinajstić information content (AvgIpc) is 2.54. The van der Waals surface area contributed by atoms with Crippen molar-refractivity contribution in [2.75, 3.05) is 0 Å². The molecular formula is C7H7N5. The molecule has 0 spiro atoms. The van der Waals surface area contributed by atoms with E-state index < -0.39 is 0 Å². The second-order valence-corrected chi connectivity index (χ2v) is 2.29. The second kappa shape index (κ2) is 2.69. The van der Waals surface area contributed by atoms with Crippen molar-refractivity contribution in [3.05, 3.63) is 30.6 Å². The van der Waals surface area contributed by atoms with Crippen molar-refractivity contribution in [2.24, 2.45) is 0 Å². The first-order valence-electron chi connectivity index (χ1n) is 3.52. The number of aromatic nitrogens is 5. The molecule has 0 N–H and O–H groups in total. The molecule has 0 radical (unpaired) electrons. The topological polar surface area (TPSA) is 56.5 Å². The molecule has 2 aromatic heterocycles. The van der Waals surface area contributed by atoms with Gasteiger partial charge in [-0.15, -0.1) is 5.10 Å². The van der Waals surface area contributed by atoms with Crippen LogP contribution < -0.4 is 0 Å². The summed E-state index contributed by atoms with van der Waals surface area (Å²) in [6, 6.07) is 1.76. The van der Waals surface area contributed by atoms with Crippen LogP contribution in [0.5, 0.6) is 0 Å². The van der Waals surface area contributed by atoms with Crippen molar-refractivity contribution >= 4 is 0 Å². The Kier molecular flexibility index (Phi) is 1.55. The molecule has 2 heterocycles. The van der Waals surface area contributed by atoms with Gasteiger partial charge < -0.3 is 0 Å². The number of aryl methyl sites for hydroxylation is 1. The number of rotatable bonds is 1. The average molecular weight is 161 g/mol. The maximum atomic E-state index is 4.06. The van der Waals surface area contributed by atoms with Gasteiger partial charge in [0.15, 0.2) is 0 Å². The van der Waals surface area contributed by atoms with Crippen LogP contribution in [0.1, 0.15) is 5.82 Å². The molecule has 0 saturated heterocycles. The molecule has 0 amide bonds. The zero-order valence-electron chi connectivity index (χ0n) is 6.55. The zero-order valence-corrected chi connectivity index (χ0v) is 6.55. The minimum atomic E-state index is 0.540. The van der Waals surface area contributed by atoms with Crippen molar-refractivity contribution in [1.29, 1.82) is 0 Å². The van der Waals surface area contributed by atoms with Gasteiger partial charge in [-0.1, -0.05) is 0 Å². The van der Waals surface area contributed by atoms with Crippen molar-refractivity contribution in [1.82, 2.24) is 24.7 Å². The SMILES string of the molecule is Cc1ncn(-c2ncccn2)n1. The van der Waals surface area contributed by atoms with Crippen LogP contribution in [0.15, 0.2) is 24.8 Å². The molecule has 0 atom stereocenters. The molecule has 2 aromatic rings. The standard InChI is InChI=1S/C7H7N5/c1-6-10-5-12(11-6)7-8-3-2-4-9-7/h2-5H,1H3. The van der Waals surface area contributed by atoms with Gasteiger partial charge in [-0.05, 0) is 13.0 Å². The summed E-state index contributed by atoms with van der Waals surface area (Å²) in [6.07, 6.45) is 4.92. The minimum Gasteiger partial charge on any atom is -0.220 e. The third-order valence-corrected chi connectivity index (χ3v) is 1.36. The third-order valence-electron chi connectivity index (χ3n) is 1.36. The molecule has 12 heavy (non-hydrogen) atoms. The number of hydrogen-bond donors (Lipinski definition) is 0. The molecular weight excluding hydrogens is 154 g/mol. The van der Waals surface area contributed by atoms with Gasteiger partial charge in [0, 0.05) is 12.4 Å². The Morgan fingerprint density at radius 3 is 2.50 bits per heavy atom. The summed E-state index contributed by atoms with van der Waals surface area (Å²) in [4.78, 5) is 12.0. The monoisotopic (exact) mass is 161 g/mol. The van der Waals surface area contributed by atoms with Crippen molar-refractivity contribution in [3.63, 3.8) is 0 Å². The molecule has 0 fully saturated rings. The molecule has 0 aliphatic carbocycles. The van der Waals surface area contributed by atoms with E-state index in [1.54, 1.807) is 24.8 Å². The molecule has 5 heteroatoms. The highest BCUT2D eigenvalue weighted by atomic mass is 15.4. The Labute approximate surface area is 69.1 Å². The van der Waals surface area contributed by atoms with E-state index in [1.165, 1.54) is 4.68 Å². The maximum absolute atomic E-state index is 4.06. The highest BCUT2D eigenvalue weighted by molar-refractivity contribution is 5.05. The first-order chi connectivity index (χ1) is 5.86. The fraction of sp³-hybridized carbons (Fsp3) is 0.143. The molecule has 0 aliphatic rings. The lowest BCUT2D eigenvalue weighted by molar-refractivity contribution is 0.796. The molecule has 0 saturated carbocycles. The smallest absolute Gasteiger partial charge is 0.220 e. The molecule has 0 bridgehead atoms. The fourth-order valence-corrected chi connectivity index (χ4v) is 0.852. The predicted molar refractivity (Wildman–Crippen MR) is 41.7 cm³/mol. The Hall–Kier alpha value is -1.78. The normalized spacial score (nSPS) is 10.1. The lowest BCUT2D eigenvalue weighted by Crippen LogP contribution is -2.00. The summed E-state index contributed by atoms with van der Waals surface area (Å²) >= 11 is 0. The molecule has 0 aliphatic heterocycles. The summed E-state index contributed by atoms with van der Waals surface area (Å²) in [5.41, 5.74) is 0. The molecule has 60 valence electrons. The van der Waals surface area contributed by atoms with E-state index in [4.69, 9.17) is 0 Å². The number of nitrogens with zero attached hydrogens (tertiary/aromatic N) is 5. The second-order valence-electron chi connectivity index (χ2n) is 2.29. The van der Waals surface area contributed by atoms with Gasteiger partial charge in [-0.3, -0.25) is 0 Å². The van der Waals surface area contributed by atoms with E-state index in [0.29, 0.717) is 11.8 Å². The van der Waals surface area contributed by atoms with Crippen LogP contribution in [0.3, 0.4) is 0 Å². The van der Waals surface area contributed by atoms with Gasteiger partial charge in [0.2, 0.25) is 0 Å². The van der Waals surface area contributed by atoms with Gasteiger partial charge in [-0.2, -0.15) is 4.68 Å². The van der Waals surface area contributed by atoms with E-state index in [1.807, 2.05) is 6.92 Å². The van der Waals surface area contributed by atoms with Crippen LogP contribution in [0, 0.1) is 6.92 Å². The highest BCUT2D eigenvalue weighted by Gasteiger charge is 1.98. The maximum Gasteiger partial charge on any atom is 0.251 e. The van der Waals surface area contributed by atoms with E-state index in [2.05, 4.69) is 20.1 Å². The van der Waals surface area contributed by atoms with Crippen LogP contribution >= 0.6 is 0 Å². The summed E-state index contributed by atoms with van der Waals surface area (Å²) in [5, 5.41) is 4.06. The minimum absolute atomic E-state index is 0.540. The van der Waals surface area contributed by atoms with Crippen LogP contribution in [0.25, 0.3) is 5.95 Å². The lowest BCUT2D eigenvalue weighted by atomic mass is 10.7. The fourth-order valence-electron chi connectivity index (χ4n) is 0.852. The summed E-state index contributed by atoms with van der Waals surface area (Å²) in [6.45, 7) is 1.82. The Balaban J connectivity index is 2.45. The highest BCUT2D eigenvalue weighted by Crippen LogP contribution is 1.95. The lowest BCUT2D eigenvalue weighted by Gasteiger charge is -1.94. The van der Waals surface area contributed by atoms with Gasteiger partial charge in [0.25, 0.3) is 5.95 Å². The summed E-state index contributed by atoms with van der Waals surface area (Å²) in [7, 11) is 0. The van der Waals surface area contributed by atoms with Gasteiger partial charge in [-0.25, -0.2) is 15.0 Å². The van der Waals surface area contributed by atoms with E-state index >= 15 is 0 Å². The van der Waals surface area contributed by atoms with Crippen LogP contribution in [-0.4, -0.2) is 24.7 Å². The first-order valence-corrected chi connectivity index (χ1v) is 3.52. The van der Waals surface area contributed by atoms with Crippen LogP contribution in [-0.2, 0) is 0 Å². The van der Waals surface area contributed by atoms with Gasteiger partial charge in [0.1, 0.15) is 12.2 Å². The molecule has 0 unspecified atom stereocenters. The Morgan fingerprint density at radius 1 is 1.17 bits per heavy atom. The predicted octanol–water partition coefficient (Wildman–Crippen LogP) is 0.366. The molecule has 0 aromatic carbocycles. The Morgan fingerprint density at radius 2 is 1.92 bits per heavy atom. The van der Waals surface area contributed by atoms with Crippen molar-refractivity contribution < 1.29 is 0 Å². The summed E-state index contributed by atoms with van der Waals surface area (Å²) < 4.78 is 1.54. The van der Waals surface area contributed by atoms with E-state index in [0.717, 1.165) is 0 Å². The zero-order chi connectivity index (χ0) is 8.39. The van der Waals surface area contributed by atoms with Crippen molar-refractivity contribution in [2.45, 2.75) is 6.92 Å². The van der Waals surface area contributed by atoms with E-state index in [-0.39, 0.29) is 0 Å². The summed E-state index contributed by atoms with van der Waals surface area (Å²) in [5.74, 6) is 1.25.